The first kappa shape index (κ1) is 17.9. The second-order valence-electron chi connectivity index (χ2n) is 6.09. The van der Waals surface area contributed by atoms with Crippen molar-refractivity contribution in [3.8, 4) is 12.3 Å². The van der Waals surface area contributed by atoms with E-state index >= 15 is 0 Å². The van der Waals surface area contributed by atoms with Gasteiger partial charge in [0.05, 0.1) is 31.0 Å². The van der Waals surface area contributed by atoms with Gasteiger partial charge >= 0.3 is 0 Å². The van der Waals surface area contributed by atoms with Crippen LogP contribution >= 0.6 is 0 Å². The summed E-state index contributed by atoms with van der Waals surface area (Å²) in [5, 5.41) is 20.5. The molecule has 0 aliphatic carbocycles. The Morgan fingerprint density at radius 1 is 1.04 bits per heavy atom. The summed E-state index contributed by atoms with van der Waals surface area (Å²) in [6.07, 6.45) is 9.37. The summed E-state index contributed by atoms with van der Waals surface area (Å²) >= 11 is 0. The molecule has 26 heavy (non-hydrogen) atoms. The number of hydrogen-bond acceptors (Lipinski definition) is 7. The smallest absolute Gasteiger partial charge is 0.0967 e. The molecule has 0 radical (unpaired) electrons. The van der Waals surface area contributed by atoms with E-state index in [0.717, 1.165) is 24.5 Å². The summed E-state index contributed by atoms with van der Waals surface area (Å²) in [5.41, 5.74) is 10.2. The second kappa shape index (κ2) is 8.96. The van der Waals surface area contributed by atoms with Gasteiger partial charge in [0.15, 0.2) is 0 Å². The molecular weight excluding hydrogens is 334 g/mol. The Morgan fingerprint density at radius 3 is 2.19 bits per heavy atom. The zero-order valence-electron chi connectivity index (χ0n) is 14.5. The van der Waals surface area contributed by atoms with Gasteiger partial charge in [-0.3, -0.25) is 19.2 Å². The highest BCUT2D eigenvalue weighted by atomic mass is 15.4. The molecule has 11 nitrogen and oxygen atoms in total. The van der Waals surface area contributed by atoms with Crippen molar-refractivity contribution in [1.82, 2.24) is 39.8 Å². The van der Waals surface area contributed by atoms with Gasteiger partial charge in [-0.1, -0.05) is 21.5 Å². The predicted octanol–water partition coefficient (Wildman–Crippen LogP) is 0.131. The summed E-state index contributed by atoms with van der Waals surface area (Å²) in [7, 11) is 0. The largest absolute Gasteiger partial charge is 0.300 e. The van der Waals surface area contributed by atoms with E-state index in [-0.39, 0.29) is 0 Å². The van der Waals surface area contributed by atoms with Crippen molar-refractivity contribution in [1.29, 1.82) is 0 Å². The van der Waals surface area contributed by atoms with Gasteiger partial charge in [0.2, 0.25) is 0 Å². The van der Waals surface area contributed by atoms with Gasteiger partial charge in [0, 0.05) is 56.6 Å². The lowest BCUT2D eigenvalue weighted by Gasteiger charge is -2.21. The number of rotatable bonds is 4. The van der Waals surface area contributed by atoms with Crippen LogP contribution in [0, 0.1) is 12.3 Å². The molecule has 0 unspecified atom stereocenters. The van der Waals surface area contributed by atoms with E-state index < -0.39 is 0 Å². The maximum atomic E-state index is 8.47. The first-order valence-corrected chi connectivity index (χ1v) is 8.44. The Kier molecular flexibility index (Phi) is 6.16. The number of fused-ring (bicyclic) bond motifs is 4. The Balaban J connectivity index is 1.76. The lowest BCUT2D eigenvalue weighted by Crippen LogP contribution is -2.33. The quantitative estimate of drug-likeness (QED) is 0.333. The number of aromatic nitrogens is 6. The number of azide groups is 1. The average Bonchev–Trinajstić information content (AvgIpc) is 3.26. The Hall–Kier alpha value is -2.93. The van der Waals surface area contributed by atoms with E-state index in [4.69, 9.17) is 12.0 Å². The van der Waals surface area contributed by atoms with Crippen molar-refractivity contribution in [2.45, 2.75) is 26.2 Å². The zero-order valence-corrected chi connectivity index (χ0v) is 14.5. The lowest BCUT2D eigenvalue weighted by atomic mass is 10.3. The van der Waals surface area contributed by atoms with E-state index in [9.17, 15) is 0 Å². The molecule has 0 N–H and O–H groups in total. The third-order valence-corrected chi connectivity index (χ3v) is 4.13. The molecule has 0 saturated heterocycles. The normalized spacial score (nSPS) is 16.4. The van der Waals surface area contributed by atoms with Crippen molar-refractivity contribution in [2.75, 3.05) is 32.7 Å². The molecule has 1 aliphatic heterocycles. The third-order valence-electron chi connectivity index (χ3n) is 4.13. The molecule has 3 rings (SSSR count). The summed E-state index contributed by atoms with van der Waals surface area (Å²) < 4.78 is 3.66. The van der Waals surface area contributed by atoms with E-state index in [0.29, 0.717) is 45.8 Å². The minimum absolute atomic E-state index is 0.433. The number of nitrogens with zero attached hydrogens (tertiary/aromatic N) is 11. The standard InChI is InChI=1S/C15H21N11/c1-2-4-24-10-14-12-25(21-18-14)8-6-23(5-3-17-20-16)7-9-26-13-15(11-24)19-22-26/h1,12-13H,3-11H2. The van der Waals surface area contributed by atoms with E-state index in [1.807, 2.05) is 21.8 Å². The molecule has 0 amide bonds. The molecule has 2 aromatic heterocycles. The fourth-order valence-corrected chi connectivity index (χ4v) is 2.85. The van der Waals surface area contributed by atoms with Crippen LogP contribution in [0.25, 0.3) is 10.4 Å². The Bertz CT molecular complexity index is 746. The average molecular weight is 355 g/mol. The molecule has 0 aromatic carbocycles. The molecule has 4 bridgehead atoms. The van der Waals surface area contributed by atoms with E-state index in [1.165, 1.54) is 0 Å². The fraction of sp³-hybridized carbons (Fsp3) is 0.600. The molecule has 2 aromatic rings. The van der Waals surface area contributed by atoms with Gasteiger partial charge in [-0.2, -0.15) is 0 Å². The Morgan fingerprint density at radius 2 is 1.65 bits per heavy atom. The van der Waals surface area contributed by atoms with Gasteiger partial charge in [-0.15, -0.1) is 16.6 Å². The molecule has 136 valence electrons. The molecular formula is C15H21N11. The summed E-state index contributed by atoms with van der Waals surface area (Å²) in [6, 6.07) is 0. The molecule has 0 atom stereocenters. The van der Waals surface area contributed by atoms with E-state index in [2.05, 4.69) is 46.4 Å². The fourth-order valence-electron chi connectivity index (χ4n) is 2.85. The molecule has 0 spiro atoms. The maximum Gasteiger partial charge on any atom is 0.0967 e. The predicted molar refractivity (Wildman–Crippen MR) is 93.4 cm³/mol. The summed E-state index contributed by atoms with van der Waals surface area (Å²) in [5.74, 6) is 2.68. The second-order valence-corrected chi connectivity index (χ2v) is 6.09. The van der Waals surface area contributed by atoms with Crippen LogP contribution < -0.4 is 0 Å². The van der Waals surface area contributed by atoms with Gasteiger partial charge in [0.1, 0.15) is 0 Å². The van der Waals surface area contributed by atoms with Crippen molar-refractivity contribution >= 4 is 0 Å². The molecule has 0 fully saturated rings. The van der Waals surface area contributed by atoms with Crippen molar-refractivity contribution < 1.29 is 0 Å². The molecule has 3 heterocycles. The van der Waals surface area contributed by atoms with E-state index in [1.54, 1.807) is 0 Å². The van der Waals surface area contributed by atoms with Gasteiger partial charge in [0.25, 0.3) is 0 Å². The Labute approximate surface area is 151 Å². The summed E-state index contributed by atoms with van der Waals surface area (Å²) in [6.45, 7) is 5.81. The van der Waals surface area contributed by atoms with Crippen molar-refractivity contribution in [2.24, 2.45) is 5.11 Å². The SMILES string of the molecule is C#CCN1Cc2cn(nn2)CCN(CCN=[N+]=[N-])CCn2cc(nn2)C1. The molecule has 1 aliphatic rings. The molecule has 0 saturated carbocycles. The van der Waals surface area contributed by atoms with Crippen LogP contribution in [0.15, 0.2) is 17.5 Å². The van der Waals surface area contributed by atoms with Crippen LogP contribution in [0.2, 0.25) is 0 Å². The van der Waals surface area contributed by atoms with Crippen LogP contribution in [0.4, 0.5) is 0 Å². The van der Waals surface area contributed by atoms with Crippen molar-refractivity contribution in [3.05, 3.63) is 34.2 Å². The first-order valence-electron chi connectivity index (χ1n) is 8.44. The minimum atomic E-state index is 0.433. The highest BCUT2D eigenvalue weighted by Crippen LogP contribution is 2.07. The zero-order chi connectivity index (χ0) is 18.2. The van der Waals surface area contributed by atoms with Crippen LogP contribution in [0.1, 0.15) is 11.4 Å². The highest BCUT2D eigenvalue weighted by Gasteiger charge is 2.14. The van der Waals surface area contributed by atoms with Crippen LogP contribution in [-0.2, 0) is 26.2 Å². The van der Waals surface area contributed by atoms with Gasteiger partial charge < -0.3 is 0 Å². The maximum absolute atomic E-state index is 8.47. The molecule has 11 heteroatoms. The third kappa shape index (κ3) is 5.03. The van der Waals surface area contributed by atoms with Gasteiger partial charge in [-0.25, -0.2) is 0 Å². The first-order chi connectivity index (χ1) is 12.8. The minimum Gasteiger partial charge on any atom is -0.300 e. The topological polar surface area (TPSA) is 117 Å². The lowest BCUT2D eigenvalue weighted by molar-refractivity contribution is 0.249. The van der Waals surface area contributed by atoms with Crippen LogP contribution in [-0.4, -0.2) is 72.5 Å². The van der Waals surface area contributed by atoms with Crippen LogP contribution in [0.3, 0.4) is 0 Å². The summed E-state index contributed by atoms with van der Waals surface area (Å²) in [4.78, 5) is 7.12. The highest BCUT2D eigenvalue weighted by molar-refractivity contribution is 4.99. The van der Waals surface area contributed by atoms with Crippen molar-refractivity contribution in [3.63, 3.8) is 0 Å². The number of terminal acetylenes is 1. The monoisotopic (exact) mass is 355 g/mol. The number of hydrogen-bond donors (Lipinski definition) is 0. The van der Waals surface area contributed by atoms with Crippen LogP contribution in [0.5, 0.6) is 0 Å². The van der Waals surface area contributed by atoms with Gasteiger partial charge in [-0.05, 0) is 5.53 Å².